The molecule has 1 aromatic carbocycles. The minimum absolute atomic E-state index is 0.485. The predicted molar refractivity (Wildman–Crippen MR) is 64.9 cm³/mol. The highest BCUT2D eigenvalue weighted by Crippen LogP contribution is 2.31. The van der Waals surface area contributed by atoms with Gasteiger partial charge < -0.3 is 10.1 Å². The quantitative estimate of drug-likeness (QED) is 0.822. The fourth-order valence-corrected chi connectivity index (χ4v) is 2.54. The van der Waals surface area contributed by atoms with Gasteiger partial charge in [-0.15, -0.1) is 0 Å². The van der Waals surface area contributed by atoms with Crippen LogP contribution in [0.15, 0.2) is 12.1 Å². The Hall–Kier alpha value is -1.02. The normalized spacial score (nSPS) is 20.1. The fraction of sp³-hybridized carbons (Fsp3) is 0.571. The molecule has 1 saturated carbocycles. The van der Waals surface area contributed by atoms with Gasteiger partial charge in [0, 0.05) is 6.54 Å². The van der Waals surface area contributed by atoms with Gasteiger partial charge in [-0.2, -0.15) is 0 Å². The van der Waals surface area contributed by atoms with Crippen LogP contribution in [0.2, 0.25) is 0 Å². The Morgan fingerprint density at radius 2 is 2.19 bits per heavy atom. The molecule has 0 spiro atoms. The zero-order valence-electron chi connectivity index (χ0n) is 9.88. The van der Waals surface area contributed by atoms with Crippen molar-refractivity contribution >= 4 is 0 Å². The van der Waals surface area contributed by atoms with E-state index in [1.807, 2.05) is 0 Å². The van der Waals surface area contributed by atoms with Crippen LogP contribution in [0.3, 0.4) is 0 Å². The van der Waals surface area contributed by atoms with E-state index in [1.165, 1.54) is 36.0 Å². The maximum Gasteiger partial charge on any atom is 0.122 e. The summed E-state index contributed by atoms with van der Waals surface area (Å²) < 4.78 is 6.03. The first-order valence-electron chi connectivity index (χ1n) is 6.33. The van der Waals surface area contributed by atoms with Crippen LogP contribution in [0.1, 0.15) is 36.0 Å². The van der Waals surface area contributed by atoms with Gasteiger partial charge in [0.25, 0.3) is 0 Å². The Kier molecular flexibility index (Phi) is 2.60. The molecule has 2 heteroatoms. The Morgan fingerprint density at radius 1 is 1.31 bits per heavy atom. The zero-order chi connectivity index (χ0) is 11.0. The first kappa shape index (κ1) is 10.2. The Morgan fingerprint density at radius 3 is 2.94 bits per heavy atom. The topological polar surface area (TPSA) is 21.3 Å². The summed E-state index contributed by atoms with van der Waals surface area (Å²) in [5.74, 6) is 1.12. The molecule has 2 nitrogen and oxygen atoms in total. The van der Waals surface area contributed by atoms with E-state index in [2.05, 4.69) is 24.4 Å². The van der Waals surface area contributed by atoms with Crippen molar-refractivity contribution in [2.45, 2.75) is 45.3 Å². The molecule has 86 valence electrons. The van der Waals surface area contributed by atoms with Gasteiger partial charge in [0.2, 0.25) is 0 Å². The summed E-state index contributed by atoms with van der Waals surface area (Å²) in [5.41, 5.74) is 4.33. The van der Waals surface area contributed by atoms with Crippen molar-refractivity contribution in [2.24, 2.45) is 0 Å². The molecule has 0 bridgehead atoms. The Bertz CT molecular complexity index is 396. The number of hydrogen-bond donors (Lipinski definition) is 1. The highest BCUT2D eigenvalue weighted by Gasteiger charge is 2.21. The molecule has 2 aliphatic rings. The number of benzene rings is 1. The van der Waals surface area contributed by atoms with Gasteiger partial charge in [0.1, 0.15) is 5.75 Å². The zero-order valence-corrected chi connectivity index (χ0v) is 9.88. The number of rotatable bonds is 2. The molecule has 3 rings (SSSR count). The van der Waals surface area contributed by atoms with Gasteiger partial charge >= 0.3 is 0 Å². The van der Waals surface area contributed by atoms with Crippen LogP contribution in [0.25, 0.3) is 0 Å². The van der Waals surface area contributed by atoms with Gasteiger partial charge in [-0.1, -0.05) is 6.07 Å². The monoisotopic (exact) mass is 217 g/mol. The lowest BCUT2D eigenvalue weighted by Crippen LogP contribution is -2.27. The molecular weight excluding hydrogens is 198 g/mol. The van der Waals surface area contributed by atoms with Crippen LogP contribution in [0, 0.1) is 6.92 Å². The number of ether oxygens (including phenoxy) is 1. The lowest BCUT2D eigenvalue weighted by Gasteiger charge is -2.29. The summed E-state index contributed by atoms with van der Waals surface area (Å²) in [4.78, 5) is 0. The standard InChI is InChI=1S/C14H19NO/c1-10-13-7-8-15-9-11(13)5-6-14(10)16-12-3-2-4-12/h5-6,12,15H,2-4,7-9H2,1H3. The van der Waals surface area contributed by atoms with Crippen LogP contribution >= 0.6 is 0 Å². The smallest absolute Gasteiger partial charge is 0.122 e. The second-order valence-corrected chi connectivity index (χ2v) is 4.92. The van der Waals surface area contributed by atoms with E-state index >= 15 is 0 Å². The molecule has 1 aliphatic carbocycles. The van der Waals surface area contributed by atoms with E-state index in [0.717, 1.165) is 25.3 Å². The fourth-order valence-electron chi connectivity index (χ4n) is 2.54. The summed E-state index contributed by atoms with van der Waals surface area (Å²) in [6.07, 6.45) is 5.43. The second kappa shape index (κ2) is 4.10. The molecule has 1 N–H and O–H groups in total. The van der Waals surface area contributed by atoms with Gasteiger partial charge in [0.05, 0.1) is 6.10 Å². The van der Waals surface area contributed by atoms with Crippen molar-refractivity contribution in [1.82, 2.24) is 5.32 Å². The maximum atomic E-state index is 6.03. The van der Waals surface area contributed by atoms with Crippen molar-refractivity contribution in [3.05, 3.63) is 28.8 Å². The molecular formula is C14H19NO. The lowest BCUT2D eigenvalue weighted by atomic mass is 9.94. The molecule has 0 aromatic heterocycles. The second-order valence-electron chi connectivity index (χ2n) is 4.92. The summed E-state index contributed by atoms with van der Waals surface area (Å²) in [5, 5.41) is 3.41. The third kappa shape index (κ3) is 1.71. The Labute approximate surface area is 97.0 Å². The molecule has 1 fully saturated rings. The first-order chi connectivity index (χ1) is 7.84. The van der Waals surface area contributed by atoms with Gasteiger partial charge in [-0.3, -0.25) is 0 Å². The van der Waals surface area contributed by atoms with Crippen molar-refractivity contribution in [2.75, 3.05) is 6.54 Å². The minimum Gasteiger partial charge on any atom is -0.490 e. The molecule has 0 radical (unpaired) electrons. The van der Waals surface area contributed by atoms with Crippen LogP contribution in [0.4, 0.5) is 0 Å². The highest BCUT2D eigenvalue weighted by atomic mass is 16.5. The molecule has 0 amide bonds. The summed E-state index contributed by atoms with van der Waals surface area (Å²) in [6.45, 7) is 4.32. The predicted octanol–water partition coefficient (Wildman–Crippen LogP) is 2.57. The molecule has 16 heavy (non-hydrogen) atoms. The molecule has 0 saturated heterocycles. The number of nitrogens with one attached hydrogen (secondary N) is 1. The van der Waals surface area contributed by atoms with Crippen LogP contribution in [-0.4, -0.2) is 12.6 Å². The summed E-state index contributed by atoms with van der Waals surface area (Å²) in [7, 11) is 0. The Balaban J connectivity index is 1.87. The molecule has 1 aliphatic heterocycles. The third-order valence-electron chi connectivity index (χ3n) is 3.86. The van der Waals surface area contributed by atoms with E-state index in [-0.39, 0.29) is 0 Å². The van der Waals surface area contributed by atoms with E-state index in [0.29, 0.717) is 6.10 Å². The lowest BCUT2D eigenvalue weighted by molar-refractivity contribution is 0.119. The largest absolute Gasteiger partial charge is 0.490 e. The number of hydrogen-bond acceptors (Lipinski definition) is 2. The first-order valence-corrected chi connectivity index (χ1v) is 6.33. The van der Waals surface area contributed by atoms with Gasteiger partial charge in [0.15, 0.2) is 0 Å². The third-order valence-corrected chi connectivity index (χ3v) is 3.86. The van der Waals surface area contributed by atoms with Gasteiger partial charge in [-0.25, -0.2) is 0 Å². The van der Waals surface area contributed by atoms with Crippen molar-refractivity contribution in [3.63, 3.8) is 0 Å². The van der Waals surface area contributed by atoms with Gasteiger partial charge in [-0.05, 0) is 61.9 Å². The number of fused-ring (bicyclic) bond motifs is 1. The maximum absolute atomic E-state index is 6.03. The van der Waals surface area contributed by atoms with Crippen LogP contribution in [0.5, 0.6) is 5.75 Å². The average Bonchev–Trinajstić information content (AvgIpc) is 2.26. The highest BCUT2D eigenvalue weighted by molar-refractivity contribution is 5.45. The van der Waals surface area contributed by atoms with E-state index < -0.39 is 0 Å². The molecule has 1 aromatic rings. The molecule has 0 unspecified atom stereocenters. The minimum atomic E-state index is 0.485. The summed E-state index contributed by atoms with van der Waals surface area (Å²) in [6, 6.07) is 4.38. The van der Waals surface area contributed by atoms with Crippen LogP contribution in [-0.2, 0) is 13.0 Å². The molecule has 0 atom stereocenters. The summed E-state index contributed by atoms with van der Waals surface area (Å²) >= 11 is 0. The van der Waals surface area contributed by atoms with E-state index in [1.54, 1.807) is 0 Å². The van der Waals surface area contributed by atoms with Crippen LogP contribution < -0.4 is 10.1 Å². The van der Waals surface area contributed by atoms with Crippen molar-refractivity contribution < 1.29 is 4.74 Å². The molecule has 1 heterocycles. The van der Waals surface area contributed by atoms with Crippen molar-refractivity contribution in [3.8, 4) is 5.75 Å². The average molecular weight is 217 g/mol. The van der Waals surface area contributed by atoms with E-state index in [4.69, 9.17) is 4.74 Å². The SMILES string of the molecule is Cc1c(OC2CCC2)ccc2c1CCNC2. The van der Waals surface area contributed by atoms with Crippen molar-refractivity contribution in [1.29, 1.82) is 0 Å². The van der Waals surface area contributed by atoms with E-state index in [9.17, 15) is 0 Å².